The highest BCUT2D eigenvalue weighted by Gasteiger charge is 2.24. The molecule has 0 aliphatic carbocycles. The van der Waals surface area contributed by atoms with Gasteiger partial charge in [-0.2, -0.15) is 0 Å². The molecule has 2 aromatic carbocycles. The Balaban J connectivity index is 1.38. The van der Waals surface area contributed by atoms with E-state index >= 15 is 0 Å². The van der Waals surface area contributed by atoms with Gasteiger partial charge in [0.05, 0.1) is 12.8 Å². The predicted octanol–water partition coefficient (Wildman–Crippen LogP) is 4.40. The summed E-state index contributed by atoms with van der Waals surface area (Å²) in [6.45, 7) is 6.73. The number of halogens is 1. The number of benzene rings is 2. The number of anilines is 1. The zero-order valence-corrected chi connectivity index (χ0v) is 22.8. The van der Waals surface area contributed by atoms with Crippen molar-refractivity contribution in [2.24, 2.45) is 5.92 Å². The monoisotopic (exact) mass is 533 g/mol. The highest BCUT2D eigenvalue weighted by Crippen LogP contribution is 2.23. The van der Waals surface area contributed by atoms with Crippen LogP contribution in [0.25, 0.3) is 11.3 Å². The molecule has 0 atom stereocenters. The number of carbonyl (C=O) groups excluding carboxylic acids is 2. The third-order valence-corrected chi connectivity index (χ3v) is 6.74. The van der Waals surface area contributed by atoms with Crippen LogP contribution >= 0.6 is 0 Å². The molecule has 0 spiro atoms. The molecular formula is C30H36FN5O3. The van der Waals surface area contributed by atoms with Gasteiger partial charge in [0.2, 0.25) is 11.8 Å². The zero-order valence-electron chi connectivity index (χ0n) is 22.8. The van der Waals surface area contributed by atoms with Crippen LogP contribution < -0.4 is 9.64 Å². The number of hydrogen-bond acceptors (Lipinski definition) is 6. The minimum atomic E-state index is -0.330. The van der Waals surface area contributed by atoms with Gasteiger partial charge >= 0.3 is 0 Å². The van der Waals surface area contributed by atoms with Crippen molar-refractivity contribution >= 4 is 17.6 Å². The first-order chi connectivity index (χ1) is 18.8. The predicted molar refractivity (Wildman–Crippen MR) is 149 cm³/mol. The Bertz CT molecular complexity index is 1250. The summed E-state index contributed by atoms with van der Waals surface area (Å²) >= 11 is 0. The molecule has 1 aromatic heterocycles. The average molecular weight is 534 g/mol. The van der Waals surface area contributed by atoms with Gasteiger partial charge in [0.25, 0.3) is 0 Å². The normalized spacial score (nSPS) is 13.8. The molecule has 1 fully saturated rings. The number of nitrogens with zero attached hydrogens (tertiary/aromatic N) is 5. The van der Waals surface area contributed by atoms with E-state index in [2.05, 4.69) is 15.1 Å². The molecule has 8 nitrogen and oxygen atoms in total. The molecule has 0 N–H and O–H groups in total. The van der Waals surface area contributed by atoms with Crippen molar-refractivity contribution in [3.63, 3.8) is 0 Å². The number of hydrogen-bond donors (Lipinski definition) is 0. The molecule has 1 aliphatic heterocycles. The fraction of sp³-hybridized carbons (Fsp3) is 0.400. The van der Waals surface area contributed by atoms with E-state index in [9.17, 15) is 14.0 Å². The lowest BCUT2D eigenvalue weighted by molar-refractivity contribution is -0.141. The average Bonchev–Trinajstić information content (AvgIpc) is 3.20. The maximum atomic E-state index is 13.4. The molecule has 0 radical (unpaired) electrons. The second-order valence-electron chi connectivity index (χ2n) is 10.2. The maximum Gasteiger partial charge on any atom is 0.242 e. The largest absolute Gasteiger partial charge is 0.497 e. The van der Waals surface area contributed by atoms with Crippen molar-refractivity contribution in [2.45, 2.75) is 33.2 Å². The SMILES string of the molecule is COc1cccc(-c2ccc(N3CCCN(C(=O)CN(Cc4ccc(F)cc4)C(=O)CC(C)C)CC3)nn2)c1. The summed E-state index contributed by atoms with van der Waals surface area (Å²) in [5, 5.41) is 8.87. The molecule has 1 aliphatic rings. The molecule has 39 heavy (non-hydrogen) atoms. The summed E-state index contributed by atoms with van der Waals surface area (Å²) in [5.41, 5.74) is 2.48. The number of aromatic nitrogens is 2. The maximum absolute atomic E-state index is 13.4. The quantitative estimate of drug-likeness (QED) is 0.406. The van der Waals surface area contributed by atoms with Gasteiger partial charge in [0, 0.05) is 44.7 Å². The molecule has 3 aromatic rings. The minimum Gasteiger partial charge on any atom is -0.497 e. The van der Waals surface area contributed by atoms with Crippen molar-refractivity contribution in [3.05, 3.63) is 72.0 Å². The fourth-order valence-electron chi connectivity index (χ4n) is 4.61. The zero-order chi connectivity index (χ0) is 27.8. The van der Waals surface area contributed by atoms with Crippen LogP contribution in [0.5, 0.6) is 5.75 Å². The van der Waals surface area contributed by atoms with Crippen molar-refractivity contribution in [1.29, 1.82) is 0 Å². The van der Waals surface area contributed by atoms with E-state index < -0.39 is 0 Å². The third kappa shape index (κ3) is 7.75. The van der Waals surface area contributed by atoms with E-state index in [0.29, 0.717) is 26.1 Å². The highest BCUT2D eigenvalue weighted by atomic mass is 19.1. The van der Waals surface area contributed by atoms with Gasteiger partial charge < -0.3 is 19.4 Å². The second kappa shape index (κ2) is 13.2. The van der Waals surface area contributed by atoms with Gasteiger partial charge in [0.1, 0.15) is 18.1 Å². The van der Waals surface area contributed by atoms with E-state index in [1.807, 2.05) is 55.1 Å². The van der Waals surface area contributed by atoms with E-state index in [4.69, 9.17) is 4.74 Å². The van der Waals surface area contributed by atoms with Crippen LogP contribution in [0.15, 0.2) is 60.7 Å². The van der Waals surface area contributed by atoms with Crippen LogP contribution in [-0.4, -0.2) is 71.6 Å². The Labute approximate surface area is 229 Å². The number of ether oxygens (including phenoxy) is 1. The summed E-state index contributed by atoms with van der Waals surface area (Å²) in [4.78, 5) is 31.8. The summed E-state index contributed by atoms with van der Waals surface area (Å²) in [6.07, 6.45) is 1.13. The lowest BCUT2D eigenvalue weighted by Crippen LogP contribution is -2.44. The Morgan fingerprint density at radius 1 is 1.00 bits per heavy atom. The Morgan fingerprint density at radius 3 is 2.49 bits per heavy atom. The fourth-order valence-corrected chi connectivity index (χ4v) is 4.61. The van der Waals surface area contributed by atoms with Gasteiger partial charge in [-0.15, -0.1) is 10.2 Å². The molecule has 9 heteroatoms. The molecular weight excluding hydrogens is 497 g/mol. The van der Waals surface area contributed by atoms with Crippen LogP contribution in [0.3, 0.4) is 0 Å². The third-order valence-electron chi connectivity index (χ3n) is 6.74. The molecule has 0 bridgehead atoms. The van der Waals surface area contributed by atoms with Gasteiger partial charge in [-0.1, -0.05) is 38.1 Å². The number of carbonyl (C=O) groups is 2. The van der Waals surface area contributed by atoms with Crippen LogP contribution in [0.4, 0.5) is 10.2 Å². The van der Waals surface area contributed by atoms with Crippen molar-refractivity contribution in [3.8, 4) is 17.0 Å². The minimum absolute atomic E-state index is 0.00201. The van der Waals surface area contributed by atoms with Crippen molar-refractivity contribution in [2.75, 3.05) is 44.7 Å². The number of amides is 2. The van der Waals surface area contributed by atoms with E-state index in [0.717, 1.165) is 41.4 Å². The second-order valence-corrected chi connectivity index (χ2v) is 10.2. The Morgan fingerprint density at radius 2 is 1.79 bits per heavy atom. The van der Waals surface area contributed by atoms with Crippen LogP contribution in [0.2, 0.25) is 0 Å². The molecule has 0 unspecified atom stereocenters. The number of rotatable bonds is 9. The van der Waals surface area contributed by atoms with Crippen molar-refractivity contribution in [1.82, 2.24) is 20.0 Å². The standard InChI is InChI=1S/C30H36FN5O3/c1-22(2)18-29(37)36(20-23-8-10-25(31)11-9-23)21-30(38)35-15-5-14-34(16-17-35)28-13-12-27(32-33-28)24-6-4-7-26(19-24)39-3/h4,6-13,19,22H,5,14-18,20-21H2,1-3H3. The lowest BCUT2D eigenvalue weighted by atomic mass is 10.1. The van der Waals surface area contributed by atoms with Gasteiger partial charge in [-0.05, 0) is 54.3 Å². The molecule has 206 valence electrons. The number of methoxy groups -OCH3 is 1. The molecule has 4 rings (SSSR count). The topological polar surface area (TPSA) is 78.9 Å². The van der Waals surface area contributed by atoms with Crippen LogP contribution in [0.1, 0.15) is 32.3 Å². The summed E-state index contributed by atoms with van der Waals surface area (Å²) in [6, 6.07) is 17.6. The smallest absolute Gasteiger partial charge is 0.242 e. The Kier molecular flexibility index (Phi) is 9.46. The molecule has 1 saturated heterocycles. The van der Waals surface area contributed by atoms with E-state index in [1.165, 1.54) is 12.1 Å². The van der Waals surface area contributed by atoms with Gasteiger partial charge in [-0.3, -0.25) is 9.59 Å². The van der Waals surface area contributed by atoms with E-state index in [-0.39, 0.29) is 36.6 Å². The first kappa shape index (κ1) is 28.0. The van der Waals surface area contributed by atoms with Crippen molar-refractivity contribution < 1.29 is 18.7 Å². The summed E-state index contributed by atoms with van der Waals surface area (Å²) < 4.78 is 18.7. The first-order valence-corrected chi connectivity index (χ1v) is 13.4. The van der Waals surface area contributed by atoms with Crippen LogP contribution in [0, 0.1) is 11.7 Å². The lowest BCUT2D eigenvalue weighted by Gasteiger charge is -2.28. The highest BCUT2D eigenvalue weighted by molar-refractivity contribution is 5.85. The summed E-state index contributed by atoms with van der Waals surface area (Å²) in [5.74, 6) is 1.20. The molecule has 2 amide bonds. The van der Waals surface area contributed by atoms with Gasteiger partial charge in [-0.25, -0.2) is 4.39 Å². The molecule has 2 heterocycles. The van der Waals surface area contributed by atoms with Gasteiger partial charge in [0.15, 0.2) is 5.82 Å². The first-order valence-electron chi connectivity index (χ1n) is 13.4. The van der Waals surface area contributed by atoms with Crippen LogP contribution in [-0.2, 0) is 16.1 Å². The Hall–Kier alpha value is -4.01. The molecule has 0 saturated carbocycles. The summed E-state index contributed by atoms with van der Waals surface area (Å²) in [7, 11) is 1.63. The van der Waals surface area contributed by atoms with E-state index in [1.54, 1.807) is 24.1 Å².